The number of carbonyl (C=O) groups excluding carboxylic acids is 1. The Bertz CT molecular complexity index is 1500. The minimum absolute atomic E-state index is 0.120. The summed E-state index contributed by atoms with van der Waals surface area (Å²) >= 11 is 7.35. The highest BCUT2D eigenvalue weighted by Gasteiger charge is 2.17. The van der Waals surface area contributed by atoms with Crippen molar-refractivity contribution in [3.05, 3.63) is 102 Å². The maximum atomic E-state index is 12.5. The fourth-order valence-corrected chi connectivity index (χ4v) is 4.44. The van der Waals surface area contributed by atoms with E-state index in [-0.39, 0.29) is 11.7 Å². The zero-order valence-electron chi connectivity index (χ0n) is 18.4. The molecule has 35 heavy (non-hydrogen) atoms. The molecule has 0 aliphatic carbocycles. The van der Waals surface area contributed by atoms with Crippen LogP contribution in [0.3, 0.4) is 0 Å². The van der Waals surface area contributed by atoms with Gasteiger partial charge in [-0.1, -0.05) is 65.8 Å². The Labute approximate surface area is 210 Å². The van der Waals surface area contributed by atoms with E-state index in [1.165, 1.54) is 11.8 Å². The molecule has 2 heterocycles. The molecule has 0 saturated heterocycles. The molecular formula is C26H19ClN6OS. The molecule has 172 valence electrons. The van der Waals surface area contributed by atoms with Gasteiger partial charge in [-0.3, -0.25) is 14.3 Å². The summed E-state index contributed by atoms with van der Waals surface area (Å²) in [4.78, 5) is 16.6. The molecule has 0 saturated carbocycles. The number of halogens is 1. The number of amides is 1. The maximum Gasteiger partial charge on any atom is 0.250 e. The van der Waals surface area contributed by atoms with E-state index in [2.05, 4.69) is 25.7 Å². The Morgan fingerprint density at radius 2 is 1.74 bits per heavy atom. The molecule has 0 atom stereocenters. The summed E-state index contributed by atoms with van der Waals surface area (Å²) in [6.07, 6.45) is 5.05. The van der Waals surface area contributed by atoms with Crippen LogP contribution in [-0.2, 0) is 4.79 Å². The van der Waals surface area contributed by atoms with Gasteiger partial charge < -0.3 is 0 Å². The number of rotatable bonds is 7. The van der Waals surface area contributed by atoms with Crippen LogP contribution in [0.2, 0.25) is 5.02 Å². The molecule has 5 aromatic rings. The number of pyridine rings is 1. The summed E-state index contributed by atoms with van der Waals surface area (Å²) in [7, 11) is 0. The largest absolute Gasteiger partial charge is 0.272 e. The van der Waals surface area contributed by atoms with Crippen LogP contribution in [0, 0.1) is 0 Å². The normalized spacial score (nSPS) is 11.2. The lowest BCUT2D eigenvalue weighted by Gasteiger charge is -2.10. The third-order valence-electron chi connectivity index (χ3n) is 5.21. The maximum absolute atomic E-state index is 12.5. The highest BCUT2D eigenvalue weighted by molar-refractivity contribution is 7.99. The average Bonchev–Trinajstić information content (AvgIpc) is 3.32. The lowest BCUT2D eigenvalue weighted by molar-refractivity contribution is -0.118. The Morgan fingerprint density at radius 1 is 0.971 bits per heavy atom. The van der Waals surface area contributed by atoms with Crippen molar-refractivity contribution in [3.8, 4) is 17.1 Å². The van der Waals surface area contributed by atoms with Crippen molar-refractivity contribution in [1.82, 2.24) is 25.2 Å². The SMILES string of the molecule is O=C(CSc1nnc(-c2ccncc2)n1-c1ccc(Cl)cc1)N/N=C\c1cccc2ccccc12. The van der Waals surface area contributed by atoms with Gasteiger partial charge in [-0.15, -0.1) is 10.2 Å². The van der Waals surface area contributed by atoms with Gasteiger partial charge in [0.2, 0.25) is 0 Å². The molecule has 7 nitrogen and oxygen atoms in total. The second kappa shape index (κ2) is 10.5. The van der Waals surface area contributed by atoms with Gasteiger partial charge in [-0.2, -0.15) is 5.10 Å². The van der Waals surface area contributed by atoms with E-state index >= 15 is 0 Å². The van der Waals surface area contributed by atoms with Crippen molar-refractivity contribution in [3.63, 3.8) is 0 Å². The topological polar surface area (TPSA) is 85.1 Å². The van der Waals surface area contributed by atoms with Gasteiger partial charge in [0, 0.05) is 34.2 Å². The van der Waals surface area contributed by atoms with Crippen LogP contribution in [0.5, 0.6) is 0 Å². The number of fused-ring (bicyclic) bond motifs is 1. The molecular weight excluding hydrogens is 480 g/mol. The fraction of sp³-hybridized carbons (Fsp3) is 0.0385. The van der Waals surface area contributed by atoms with Crippen LogP contribution in [0.15, 0.2) is 102 Å². The van der Waals surface area contributed by atoms with Gasteiger partial charge in [0.25, 0.3) is 5.91 Å². The number of benzene rings is 3. The number of carbonyl (C=O) groups is 1. The Kier molecular flexibility index (Phi) is 6.83. The van der Waals surface area contributed by atoms with Gasteiger partial charge in [-0.25, -0.2) is 5.43 Å². The number of nitrogens with zero attached hydrogens (tertiary/aromatic N) is 5. The second-order valence-corrected chi connectivity index (χ2v) is 8.88. The van der Waals surface area contributed by atoms with Gasteiger partial charge in [0.1, 0.15) is 0 Å². The number of hydrogen-bond donors (Lipinski definition) is 1. The highest BCUT2D eigenvalue weighted by atomic mass is 35.5. The zero-order chi connectivity index (χ0) is 24.0. The van der Waals surface area contributed by atoms with Gasteiger partial charge in [0.05, 0.1) is 12.0 Å². The van der Waals surface area contributed by atoms with Crippen molar-refractivity contribution >= 4 is 46.3 Å². The van der Waals surface area contributed by atoms with E-state index in [0.29, 0.717) is 16.0 Å². The van der Waals surface area contributed by atoms with Crippen LogP contribution < -0.4 is 5.43 Å². The molecule has 0 aliphatic heterocycles. The summed E-state index contributed by atoms with van der Waals surface area (Å²) in [5.41, 5.74) is 5.22. The third-order valence-corrected chi connectivity index (χ3v) is 6.39. The van der Waals surface area contributed by atoms with Crippen molar-refractivity contribution in [2.75, 3.05) is 5.75 Å². The average molecular weight is 499 g/mol. The predicted octanol–water partition coefficient (Wildman–Crippen LogP) is 5.38. The van der Waals surface area contributed by atoms with Crippen molar-refractivity contribution < 1.29 is 4.79 Å². The van der Waals surface area contributed by atoms with E-state index in [4.69, 9.17) is 11.6 Å². The molecule has 1 N–H and O–H groups in total. The minimum atomic E-state index is -0.248. The zero-order valence-corrected chi connectivity index (χ0v) is 19.9. The minimum Gasteiger partial charge on any atom is -0.272 e. The highest BCUT2D eigenvalue weighted by Crippen LogP contribution is 2.28. The molecule has 0 radical (unpaired) electrons. The summed E-state index contributed by atoms with van der Waals surface area (Å²) in [6.45, 7) is 0. The first-order valence-corrected chi connectivity index (χ1v) is 12.1. The molecule has 1 amide bonds. The quantitative estimate of drug-likeness (QED) is 0.185. The van der Waals surface area contributed by atoms with Crippen molar-refractivity contribution in [2.24, 2.45) is 5.10 Å². The molecule has 5 rings (SSSR count). The van der Waals surface area contributed by atoms with Crippen LogP contribution >= 0.6 is 23.4 Å². The summed E-state index contributed by atoms with van der Waals surface area (Å²) in [5.74, 6) is 0.517. The Hall–Kier alpha value is -4.01. The van der Waals surface area contributed by atoms with Gasteiger partial charge in [-0.05, 0) is 47.2 Å². The number of thioether (sulfide) groups is 1. The van der Waals surface area contributed by atoms with Gasteiger partial charge >= 0.3 is 0 Å². The molecule has 2 aromatic heterocycles. The lowest BCUT2D eigenvalue weighted by Crippen LogP contribution is -2.20. The number of hydrogen-bond acceptors (Lipinski definition) is 6. The molecule has 0 bridgehead atoms. The van der Waals surface area contributed by atoms with Crippen LogP contribution in [0.1, 0.15) is 5.56 Å². The summed E-state index contributed by atoms with van der Waals surface area (Å²) in [6, 6.07) is 25.1. The van der Waals surface area contributed by atoms with Crippen molar-refractivity contribution in [1.29, 1.82) is 0 Å². The van der Waals surface area contributed by atoms with Crippen molar-refractivity contribution in [2.45, 2.75) is 5.16 Å². The van der Waals surface area contributed by atoms with E-state index in [1.807, 2.05) is 71.3 Å². The Morgan fingerprint density at radius 3 is 2.57 bits per heavy atom. The molecule has 0 unspecified atom stereocenters. The van der Waals surface area contributed by atoms with E-state index in [0.717, 1.165) is 27.6 Å². The first-order valence-electron chi connectivity index (χ1n) is 10.7. The first-order chi connectivity index (χ1) is 17.2. The van der Waals surface area contributed by atoms with Crippen LogP contribution in [0.25, 0.3) is 27.8 Å². The predicted molar refractivity (Wildman–Crippen MR) is 140 cm³/mol. The number of hydrazone groups is 1. The van der Waals surface area contributed by atoms with Crippen LogP contribution in [0.4, 0.5) is 0 Å². The lowest BCUT2D eigenvalue weighted by atomic mass is 10.1. The fourth-order valence-electron chi connectivity index (χ4n) is 3.57. The standard InChI is InChI=1S/C26H19ClN6OS/c27-21-8-10-22(11-9-21)33-25(19-12-14-28-15-13-19)31-32-26(33)35-17-24(34)30-29-16-20-6-3-5-18-4-1-2-7-23(18)20/h1-16H,17H2,(H,30,34)/b29-16-. The second-order valence-electron chi connectivity index (χ2n) is 7.50. The molecule has 0 fully saturated rings. The molecule has 9 heteroatoms. The molecule has 0 aliphatic rings. The third kappa shape index (κ3) is 5.24. The summed E-state index contributed by atoms with van der Waals surface area (Å²) < 4.78 is 1.89. The smallest absolute Gasteiger partial charge is 0.250 e. The van der Waals surface area contributed by atoms with E-state index in [1.54, 1.807) is 30.7 Å². The summed E-state index contributed by atoms with van der Waals surface area (Å²) in [5, 5.41) is 16.2. The number of nitrogens with one attached hydrogen (secondary N) is 1. The molecule has 3 aromatic carbocycles. The first kappa shape index (κ1) is 22.8. The van der Waals surface area contributed by atoms with E-state index < -0.39 is 0 Å². The van der Waals surface area contributed by atoms with E-state index in [9.17, 15) is 4.79 Å². The molecule has 0 spiro atoms. The Balaban J connectivity index is 1.32. The monoisotopic (exact) mass is 498 g/mol. The van der Waals surface area contributed by atoms with Gasteiger partial charge in [0.15, 0.2) is 11.0 Å². The number of aromatic nitrogens is 4. The van der Waals surface area contributed by atoms with Crippen LogP contribution in [-0.4, -0.2) is 37.6 Å².